The third-order valence-electron chi connectivity index (χ3n) is 6.50. The Morgan fingerprint density at radius 2 is 1.79 bits per heavy atom. The van der Waals surface area contributed by atoms with Gasteiger partial charge in [0.15, 0.2) is 11.5 Å². The van der Waals surface area contributed by atoms with Crippen molar-refractivity contribution in [3.05, 3.63) is 96.5 Å². The number of imidazole rings is 1. The largest absolute Gasteiger partial charge is 0.373 e. The second-order valence-corrected chi connectivity index (χ2v) is 10.1. The highest BCUT2D eigenvalue weighted by atomic mass is 32.1. The van der Waals surface area contributed by atoms with Crippen molar-refractivity contribution in [3.63, 3.8) is 0 Å². The Labute approximate surface area is 226 Å². The minimum atomic E-state index is -0.743. The Morgan fingerprint density at radius 1 is 0.923 bits per heavy atom. The van der Waals surface area contributed by atoms with E-state index in [4.69, 9.17) is 4.98 Å². The van der Waals surface area contributed by atoms with Gasteiger partial charge in [-0.3, -0.25) is 15.1 Å². The van der Waals surface area contributed by atoms with E-state index in [9.17, 15) is 5.11 Å². The summed E-state index contributed by atoms with van der Waals surface area (Å²) in [6.07, 6.45) is 8.60. The Hall–Kier alpha value is -4.93. The molecule has 0 aliphatic heterocycles. The molecule has 6 heterocycles. The number of aromatic nitrogens is 7. The van der Waals surface area contributed by atoms with Gasteiger partial charge in [0.25, 0.3) is 0 Å². The van der Waals surface area contributed by atoms with Crippen molar-refractivity contribution in [2.45, 2.75) is 12.6 Å². The molecule has 1 atom stereocenters. The number of pyridine rings is 3. The van der Waals surface area contributed by atoms with E-state index in [-0.39, 0.29) is 0 Å². The van der Waals surface area contributed by atoms with E-state index >= 15 is 0 Å². The molecule has 10 heteroatoms. The number of nitrogens with one attached hydrogen (secondary N) is 3. The molecular weight excluding hydrogens is 508 g/mol. The number of hydrogen-bond acceptors (Lipinski definition) is 8. The molecule has 0 fully saturated rings. The molecule has 39 heavy (non-hydrogen) atoms. The van der Waals surface area contributed by atoms with Crippen molar-refractivity contribution >= 4 is 39.1 Å². The van der Waals surface area contributed by atoms with E-state index in [2.05, 4.69) is 41.5 Å². The zero-order chi connectivity index (χ0) is 26.2. The van der Waals surface area contributed by atoms with E-state index in [1.165, 1.54) is 0 Å². The standard InChI is InChI=1S/C29H22N8OS/c38-25(9-17-5-2-1-3-6-17)33-20-10-18(12-30-14-20)19-11-21-27(36-37-28(21)32-13-19)29-34-23-16-31-15-22(26(23)35-29)24-7-4-8-39-24/h1-8,10-16,25,33,38H,9H2,(H,34,35)(H,32,36,37). The highest BCUT2D eigenvalue weighted by molar-refractivity contribution is 7.13. The van der Waals surface area contributed by atoms with E-state index in [0.29, 0.717) is 23.6 Å². The molecular formula is C29H22N8OS. The van der Waals surface area contributed by atoms with Gasteiger partial charge in [0, 0.05) is 46.6 Å². The van der Waals surface area contributed by atoms with Crippen molar-refractivity contribution in [1.29, 1.82) is 0 Å². The van der Waals surface area contributed by atoms with Gasteiger partial charge in [0.2, 0.25) is 0 Å². The number of benzene rings is 1. The van der Waals surface area contributed by atoms with Crippen LogP contribution in [0.2, 0.25) is 0 Å². The molecule has 7 aromatic rings. The first-order valence-corrected chi connectivity index (χ1v) is 13.3. The second-order valence-electron chi connectivity index (χ2n) is 9.15. The summed E-state index contributed by atoms with van der Waals surface area (Å²) in [4.78, 5) is 22.8. The molecule has 7 rings (SSSR count). The van der Waals surface area contributed by atoms with Gasteiger partial charge in [0.1, 0.15) is 17.4 Å². The Kier molecular flexibility index (Phi) is 5.80. The number of nitrogens with zero attached hydrogens (tertiary/aromatic N) is 5. The van der Waals surface area contributed by atoms with Gasteiger partial charge in [-0.15, -0.1) is 11.3 Å². The molecule has 0 aliphatic carbocycles. The minimum absolute atomic E-state index is 0.484. The third kappa shape index (κ3) is 4.52. The average molecular weight is 531 g/mol. The van der Waals surface area contributed by atoms with Crippen molar-refractivity contribution < 1.29 is 5.11 Å². The van der Waals surface area contributed by atoms with Gasteiger partial charge in [0.05, 0.1) is 29.0 Å². The number of fused-ring (bicyclic) bond motifs is 2. The van der Waals surface area contributed by atoms with Crippen LogP contribution in [0.25, 0.3) is 55.2 Å². The lowest BCUT2D eigenvalue weighted by Gasteiger charge is -2.14. The molecule has 4 N–H and O–H groups in total. The number of anilines is 1. The minimum Gasteiger partial charge on any atom is -0.373 e. The predicted octanol–water partition coefficient (Wildman–Crippen LogP) is 5.66. The molecule has 0 spiro atoms. The summed E-state index contributed by atoms with van der Waals surface area (Å²) in [5, 5.41) is 24.1. The molecule has 0 radical (unpaired) electrons. The lowest BCUT2D eigenvalue weighted by atomic mass is 10.1. The number of H-pyrrole nitrogens is 2. The first kappa shape index (κ1) is 23.2. The first-order valence-electron chi connectivity index (χ1n) is 12.4. The average Bonchev–Trinajstić information content (AvgIpc) is 3.73. The van der Waals surface area contributed by atoms with Crippen LogP contribution in [0.3, 0.4) is 0 Å². The number of aliphatic hydroxyl groups is 1. The van der Waals surface area contributed by atoms with Gasteiger partial charge in [-0.1, -0.05) is 36.4 Å². The Bertz CT molecular complexity index is 1900. The second kappa shape index (κ2) is 9.75. The quantitative estimate of drug-likeness (QED) is 0.196. The van der Waals surface area contributed by atoms with Crippen molar-refractivity contribution in [2.24, 2.45) is 0 Å². The van der Waals surface area contributed by atoms with Crippen LogP contribution < -0.4 is 5.32 Å². The molecule has 1 unspecified atom stereocenters. The normalized spacial score (nSPS) is 12.2. The maximum Gasteiger partial charge on any atom is 0.181 e. The fourth-order valence-electron chi connectivity index (χ4n) is 4.66. The number of rotatable bonds is 7. The summed E-state index contributed by atoms with van der Waals surface area (Å²) < 4.78 is 0. The van der Waals surface area contributed by atoms with Crippen molar-refractivity contribution in [1.82, 2.24) is 35.1 Å². The SMILES string of the molecule is OC(Cc1ccccc1)Nc1cncc(-c2cnc3n[nH]c(-c4nc5c(-c6cccs6)cncc5[nH]4)c3c2)c1. The van der Waals surface area contributed by atoms with Gasteiger partial charge in [-0.25, -0.2) is 9.97 Å². The van der Waals surface area contributed by atoms with Crippen LogP contribution in [0.15, 0.2) is 91.0 Å². The monoisotopic (exact) mass is 530 g/mol. The molecule has 9 nitrogen and oxygen atoms in total. The molecule has 0 saturated heterocycles. The summed E-state index contributed by atoms with van der Waals surface area (Å²) in [5.41, 5.74) is 7.52. The molecule has 0 amide bonds. The molecule has 190 valence electrons. The predicted molar refractivity (Wildman–Crippen MR) is 153 cm³/mol. The van der Waals surface area contributed by atoms with Gasteiger partial charge < -0.3 is 15.4 Å². The maximum atomic E-state index is 10.6. The summed E-state index contributed by atoms with van der Waals surface area (Å²) in [6.45, 7) is 0. The number of aromatic amines is 2. The molecule has 0 bridgehead atoms. The van der Waals surface area contributed by atoms with Gasteiger partial charge >= 0.3 is 0 Å². The highest BCUT2D eigenvalue weighted by Crippen LogP contribution is 2.33. The molecule has 6 aromatic heterocycles. The first-order chi connectivity index (χ1) is 19.2. The van der Waals surface area contributed by atoms with E-state index in [1.54, 1.807) is 36.1 Å². The van der Waals surface area contributed by atoms with Crippen LogP contribution in [0.4, 0.5) is 5.69 Å². The summed E-state index contributed by atoms with van der Waals surface area (Å²) in [7, 11) is 0. The smallest absolute Gasteiger partial charge is 0.181 e. The van der Waals surface area contributed by atoms with Crippen LogP contribution >= 0.6 is 11.3 Å². The van der Waals surface area contributed by atoms with Gasteiger partial charge in [-0.05, 0) is 29.1 Å². The lowest BCUT2D eigenvalue weighted by molar-refractivity contribution is 0.204. The fraction of sp³-hybridized carbons (Fsp3) is 0.0690. The zero-order valence-corrected chi connectivity index (χ0v) is 21.4. The number of aliphatic hydroxyl groups excluding tert-OH is 1. The van der Waals surface area contributed by atoms with Crippen molar-refractivity contribution in [3.8, 4) is 33.1 Å². The summed E-state index contributed by atoms with van der Waals surface area (Å²) >= 11 is 1.65. The van der Waals surface area contributed by atoms with Crippen LogP contribution in [-0.4, -0.2) is 46.5 Å². The number of hydrogen-bond donors (Lipinski definition) is 4. The fourth-order valence-corrected chi connectivity index (χ4v) is 5.40. The summed E-state index contributed by atoms with van der Waals surface area (Å²) in [6, 6.07) is 17.9. The van der Waals surface area contributed by atoms with E-state index in [0.717, 1.165) is 49.2 Å². The Morgan fingerprint density at radius 3 is 2.67 bits per heavy atom. The van der Waals surface area contributed by atoms with Crippen LogP contribution in [0.5, 0.6) is 0 Å². The van der Waals surface area contributed by atoms with Gasteiger partial charge in [-0.2, -0.15) is 5.10 Å². The van der Waals surface area contributed by atoms with Crippen molar-refractivity contribution in [2.75, 3.05) is 5.32 Å². The maximum absolute atomic E-state index is 10.6. The lowest BCUT2D eigenvalue weighted by Crippen LogP contribution is -2.21. The zero-order valence-electron chi connectivity index (χ0n) is 20.5. The molecule has 0 saturated carbocycles. The van der Waals surface area contributed by atoms with E-state index in [1.807, 2.05) is 60.1 Å². The third-order valence-corrected chi connectivity index (χ3v) is 7.41. The Balaban J connectivity index is 1.21. The van der Waals surface area contributed by atoms with E-state index < -0.39 is 6.23 Å². The number of thiophene rings is 1. The van der Waals surface area contributed by atoms with Crippen LogP contribution in [0.1, 0.15) is 5.56 Å². The molecule has 0 aliphatic rings. The molecule has 1 aromatic carbocycles. The topological polar surface area (TPSA) is 128 Å². The van der Waals surface area contributed by atoms with Crippen LogP contribution in [-0.2, 0) is 6.42 Å². The van der Waals surface area contributed by atoms with Crippen LogP contribution in [0, 0.1) is 0 Å². The summed E-state index contributed by atoms with van der Waals surface area (Å²) in [5.74, 6) is 0.662. The highest BCUT2D eigenvalue weighted by Gasteiger charge is 2.17.